The van der Waals surface area contributed by atoms with Crippen molar-refractivity contribution < 1.29 is 0 Å². The van der Waals surface area contributed by atoms with Crippen LogP contribution in [0.4, 0.5) is 0 Å². The summed E-state index contributed by atoms with van der Waals surface area (Å²) >= 11 is 0. The van der Waals surface area contributed by atoms with Crippen molar-refractivity contribution in [2.24, 2.45) is 0 Å². The minimum atomic E-state index is 0.626. The summed E-state index contributed by atoms with van der Waals surface area (Å²) in [6.45, 7) is 6.74. The number of unbranched alkanes of at least 4 members (excludes halogenated alkanes) is 4. The smallest absolute Gasteiger partial charge is 0.0105 e. The van der Waals surface area contributed by atoms with Gasteiger partial charge in [-0.25, -0.2) is 0 Å². The summed E-state index contributed by atoms with van der Waals surface area (Å²) in [6.07, 6.45) is 9.33. The Labute approximate surface area is 119 Å². The maximum atomic E-state index is 3.50. The fourth-order valence-electron chi connectivity index (χ4n) is 2.76. The average molecular weight is 261 g/mol. The number of benzene rings is 1. The van der Waals surface area contributed by atoms with Crippen molar-refractivity contribution in [3.8, 4) is 0 Å². The van der Waals surface area contributed by atoms with Gasteiger partial charge in [0.05, 0.1) is 0 Å². The van der Waals surface area contributed by atoms with Gasteiger partial charge in [0.2, 0.25) is 0 Å². The van der Waals surface area contributed by atoms with Gasteiger partial charge in [-0.15, -0.1) is 0 Å². The minimum absolute atomic E-state index is 0.626. The lowest BCUT2D eigenvalue weighted by Gasteiger charge is -2.19. The van der Waals surface area contributed by atoms with Gasteiger partial charge in [0.15, 0.2) is 0 Å². The van der Waals surface area contributed by atoms with Crippen LogP contribution >= 0.6 is 0 Å². The second-order valence-electron chi connectivity index (χ2n) is 5.76. The number of hydrogen-bond acceptors (Lipinski definition) is 1. The molecule has 0 amide bonds. The molecule has 0 radical (unpaired) electrons. The molecule has 0 fully saturated rings. The first-order chi connectivity index (χ1) is 9.19. The fraction of sp³-hybridized carbons (Fsp3) is 0.667. The third-order valence-electron chi connectivity index (χ3n) is 4.16. The summed E-state index contributed by atoms with van der Waals surface area (Å²) in [7, 11) is 2.10. The van der Waals surface area contributed by atoms with Crippen LogP contribution in [0.25, 0.3) is 0 Å². The molecule has 0 saturated heterocycles. The van der Waals surface area contributed by atoms with E-state index in [1.54, 1.807) is 0 Å². The van der Waals surface area contributed by atoms with Crippen LogP contribution in [0.5, 0.6) is 0 Å². The fourth-order valence-corrected chi connectivity index (χ4v) is 2.76. The third kappa shape index (κ3) is 5.78. The van der Waals surface area contributed by atoms with Crippen molar-refractivity contribution >= 4 is 0 Å². The second kappa shape index (κ2) is 9.14. The van der Waals surface area contributed by atoms with Crippen molar-refractivity contribution in [2.45, 2.75) is 71.8 Å². The zero-order chi connectivity index (χ0) is 14.1. The van der Waals surface area contributed by atoms with E-state index in [1.807, 2.05) is 0 Å². The quantitative estimate of drug-likeness (QED) is 0.630. The van der Waals surface area contributed by atoms with Gasteiger partial charge >= 0.3 is 0 Å². The van der Waals surface area contributed by atoms with E-state index in [9.17, 15) is 0 Å². The van der Waals surface area contributed by atoms with E-state index in [0.717, 1.165) is 0 Å². The van der Waals surface area contributed by atoms with E-state index in [1.165, 1.54) is 61.6 Å². The molecule has 0 aliphatic rings. The highest BCUT2D eigenvalue weighted by Crippen LogP contribution is 2.17. The van der Waals surface area contributed by atoms with Gasteiger partial charge in [0.25, 0.3) is 0 Å². The van der Waals surface area contributed by atoms with Crippen molar-refractivity contribution in [3.63, 3.8) is 0 Å². The minimum Gasteiger partial charge on any atom is -0.317 e. The summed E-state index contributed by atoms with van der Waals surface area (Å²) in [5.41, 5.74) is 4.41. The zero-order valence-electron chi connectivity index (χ0n) is 13.3. The van der Waals surface area contributed by atoms with E-state index in [4.69, 9.17) is 0 Å². The number of hydrogen-bond donors (Lipinski definition) is 1. The molecule has 0 aromatic heterocycles. The Morgan fingerprint density at radius 1 is 1.00 bits per heavy atom. The maximum absolute atomic E-state index is 3.50. The molecule has 1 atom stereocenters. The highest BCUT2D eigenvalue weighted by atomic mass is 14.9. The maximum Gasteiger partial charge on any atom is 0.0105 e. The van der Waals surface area contributed by atoms with Gasteiger partial charge in [0, 0.05) is 6.04 Å². The number of aryl methyl sites for hydroxylation is 2. The van der Waals surface area contributed by atoms with Crippen LogP contribution in [0.3, 0.4) is 0 Å². The van der Waals surface area contributed by atoms with Gasteiger partial charge in [-0.05, 0) is 50.4 Å². The van der Waals surface area contributed by atoms with Crippen LogP contribution in [-0.2, 0) is 6.42 Å². The first-order valence-electron chi connectivity index (χ1n) is 7.91. The molecule has 1 aromatic rings. The highest BCUT2D eigenvalue weighted by Gasteiger charge is 2.10. The Morgan fingerprint density at radius 3 is 2.21 bits per heavy atom. The first kappa shape index (κ1) is 16.2. The molecule has 0 aliphatic carbocycles. The van der Waals surface area contributed by atoms with Crippen molar-refractivity contribution in [3.05, 3.63) is 34.9 Å². The van der Waals surface area contributed by atoms with E-state index in [-0.39, 0.29) is 0 Å². The molecule has 0 bridgehead atoms. The van der Waals surface area contributed by atoms with Gasteiger partial charge in [-0.2, -0.15) is 0 Å². The lowest BCUT2D eigenvalue weighted by Crippen LogP contribution is -2.28. The molecule has 1 rings (SSSR count). The predicted octanol–water partition coefficient (Wildman–Crippen LogP) is 4.79. The van der Waals surface area contributed by atoms with Crippen LogP contribution in [0, 0.1) is 13.8 Å². The van der Waals surface area contributed by atoms with E-state index in [2.05, 4.69) is 51.3 Å². The van der Waals surface area contributed by atoms with Crippen LogP contribution in [-0.4, -0.2) is 13.1 Å². The van der Waals surface area contributed by atoms with Gasteiger partial charge < -0.3 is 5.32 Å². The molecule has 1 unspecified atom stereocenters. The van der Waals surface area contributed by atoms with Gasteiger partial charge in [0.1, 0.15) is 0 Å². The topological polar surface area (TPSA) is 12.0 Å². The average Bonchev–Trinajstić information content (AvgIpc) is 2.40. The third-order valence-corrected chi connectivity index (χ3v) is 4.16. The van der Waals surface area contributed by atoms with E-state index >= 15 is 0 Å². The van der Waals surface area contributed by atoms with Gasteiger partial charge in [-0.3, -0.25) is 0 Å². The Kier molecular flexibility index (Phi) is 7.81. The molecule has 0 heterocycles. The summed E-state index contributed by atoms with van der Waals surface area (Å²) in [4.78, 5) is 0. The lowest BCUT2D eigenvalue weighted by molar-refractivity contribution is 0.480. The van der Waals surface area contributed by atoms with E-state index < -0.39 is 0 Å². The molecule has 1 nitrogen and oxygen atoms in total. The monoisotopic (exact) mass is 261 g/mol. The predicted molar refractivity (Wildman–Crippen MR) is 85.8 cm³/mol. The first-order valence-corrected chi connectivity index (χ1v) is 7.91. The van der Waals surface area contributed by atoms with Crippen LogP contribution in [0.15, 0.2) is 18.2 Å². The van der Waals surface area contributed by atoms with Crippen LogP contribution in [0.2, 0.25) is 0 Å². The molecule has 0 saturated carbocycles. The highest BCUT2D eigenvalue weighted by molar-refractivity contribution is 5.34. The van der Waals surface area contributed by atoms with Gasteiger partial charge in [-0.1, -0.05) is 57.2 Å². The zero-order valence-corrected chi connectivity index (χ0v) is 13.3. The molecule has 1 heteroatoms. The number of likely N-dealkylation sites (N-methyl/N-ethyl adjacent to an activating group) is 1. The molecule has 108 valence electrons. The van der Waals surface area contributed by atoms with Crippen molar-refractivity contribution in [1.29, 1.82) is 0 Å². The van der Waals surface area contributed by atoms with E-state index in [0.29, 0.717) is 6.04 Å². The molecule has 1 aromatic carbocycles. The second-order valence-corrected chi connectivity index (χ2v) is 5.76. The largest absolute Gasteiger partial charge is 0.317 e. The molecule has 0 spiro atoms. The lowest BCUT2D eigenvalue weighted by atomic mass is 9.94. The Bertz CT molecular complexity index is 336. The molecule has 0 aliphatic heterocycles. The Balaban J connectivity index is 2.43. The summed E-state index contributed by atoms with van der Waals surface area (Å²) in [5, 5.41) is 3.50. The molecular formula is C18H31N. The summed E-state index contributed by atoms with van der Waals surface area (Å²) in [6, 6.07) is 7.25. The molecular weight excluding hydrogens is 230 g/mol. The standard InChI is InChI=1S/C18H31N/c1-5-6-7-8-9-13-17(19-4)14-18-15(2)11-10-12-16(18)3/h10-12,17,19H,5-9,13-14H2,1-4H3. The number of nitrogens with one attached hydrogen (secondary N) is 1. The summed E-state index contributed by atoms with van der Waals surface area (Å²) in [5.74, 6) is 0. The molecule has 1 N–H and O–H groups in total. The van der Waals surface area contributed by atoms with Crippen molar-refractivity contribution in [1.82, 2.24) is 5.32 Å². The SMILES string of the molecule is CCCCCCCC(Cc1c(C)cccc1C)NC. The van der Waals surface area contributed by atoms with Crippen LogP contribution < -0.4 is 5.32 Å². The van der Waals surface area contributed by atoms with Crippen LogP contribution in [0.1, 0.15) is 62.1 Å². The Hall–Kier alpha value is -0.820. The van der Waals surface area contributed by atoms with Crippen molar-refractivity contribution in [2.75, 3.05) is 7.05 Å². The summed E-state index contributed by atoms with van der Waals surface area (Å²) < 4.78 is 0. The molecule has 19 heavy (non-hydrogen) atoms. The number of rotatable bonds is 9. The Morgan fingerprint density at radius 2 is 1.63 bits per heavy atom. The normalized spacial score (nSPS) is 12.6.